The normalized spacial score (nSPS) is 15.2. The standard InChI is InChI=1S/C40H38N2O6S/c43-39(47-37-16-14-36(15-17-37)46-27-30-6-2-1-3-7-30)42-24-21-40(22-25-42)20-19-34-26-33(13-18-38(34)48-40)32-11-9-31(10-12-32)28-49(44,45)29-35-8-4-5-23-41-35/h1-18,23,26H,19-22,24-25,27-29H2. The number of aromatic nitrogens is 1. The second kappa shape index (κ2) is 14.1. The number of fused-ring (bicyclic) bond motifs is 1. The third kappa shape index (κ3) is 8.12. The highest BCUT2D eigenvalue weighted by atomic mass is 32.2. The van der Waals surface area contributed by atoms with Crippen molar-refractivity contribution in [2.45, 2.75) is 49.4 Å². The maximum Gasteiger partial charge on any atom is 0.415 e. The molecule has 4 aromatic carbocycles. The van der Waals surface area contributed by atoms with Gasteiger partial charge < -0.3 is 19.1 Å². The van der Waals surface area contributed by atoms with Gasteiger partial charge in [-0.3, -0.25) is 4.98 Å². The van der Waals surface area contributed by atoms with Crippen molar-refractivity contribution in [2.75, 3.05) is 13.1 Å². The summed E-state index contributed by atoms with van der Waals surface area (Å²) in [6.45, 7) is 1.60. The van der Waals surface area contributed by atoms with Crippen molar-refractivity contribution >= 4 is 15.9 Å². The molecule has 1 aromatic heterocycles. The zero-order valence-electron chi connectivity index (χ0n) is 27.2. The van der Waals surface area contributed by atoms with Crippen molar-refractivity contribution in [1.82, 2.24) is 9.88 Å². The minimum absolute atomic E-state index is 0.0305. The van der Waals surface area contributed by atoms with Crippen LogP contribution < -0.4 is 14.2 Å². The van der Waals surface area contributed by atoms with E-state index >= 15 is 0 Å². The van der Waals surface area contributed by atoms with Crippen molar-refractivity contribution < 1.29 is 27.4 Å². The molecule has 1 fully saturated rings. The first-order chi connectivity index (χ1) is 23.8. The van der Waals surface area contributed by atoms with Gasteiger partial charge in [0.25, 0.3) is 0 Å². The number of benzene rings is 4. The maximum absolute atomic E-state index is 13.0. The summed E-state index contributed by atoms with van der Waals surface area (Å²) in [5, 5.41) is 0. The Hall–Kier alpha value is -5.15. The summed E-state index contributed by atoms with van der Waals surface area (Å²) in [4.78, 5) is 18.9. The lowest BCUT2D eigenvalue weighted by Gasteiger charge is -2.44. The second-order valence-electron chi connectivity index (χ2n) is 12.8. The molecule has 9 heteroatoms. The van der Waals surface area contributed by atoms with Gasteiger partial charge in [0.2, 0.25) is 0 Å². The number of pyridine rings is 1. The highest BCUT2D eigenvalue weighted by Gasteiger charge is 2.41. The number of sulfone groups is 1. The minimum atomic E-state index is -3.34. The molecule has 1 spiro atoms. The molecule has 0 bridgehead atoms. The summed E-state index contributed by atoms with van der Waals surface area (Å²) < 4.78 is 43.6. The highest BCUT2D eigenvalue weighted by molar-refractivity contribution is 7.89. The molecule has 0 radical (unpaired) electrons. The predicted molar refractivity (Wildman–Crippen MR) is 188 cm³/mol. The molecule has 2 aliphatic heterocycles. The van der Waals surface area contributed by atoms with E-state index in [1.54, 1.807) is 41.4 Å². The first kappa shape index (κ1) is 32.4. The van der Waals surface area contributed by atoms with Crippen LogP contribution in [-0.2, 0) is 34.4 Å². The molecule has 2 aliphatic rings. The zero-order chi connectivity index (χ0) is 33.7. The summed E-state index contributed by atoms with van der Waals surface area (Å²) >= 11 is 0. The zero-order valence-corrected chi connectivity index (χ0v) is 28.0. The first-order valence-corrected chi connectivity index (χ1v) is 18.4. The van der Waals surface area contributed by atoms with E-state index in [1.807, 2.05) is 72.8 Å². The van der Waals surface area contributed by atoms with E-state index in [0.29, 0.717) is 36.9 Å². The third-order valence-electron chi connectivity index (χ3n) is 9.21. The second-order valence-corrected chi connectivity index (χ2v) is 14.8. The number of hydrogen-bond donors (Lipinski definition) is 0. The Morgan fingerprint density at radius 3 is 2.20 bits per heavy atom. The lowest BCUT2D eigenvalue weighted by Crippen LogP contribution is -2.51. The van der Waals surface area contributed by atoms with Gasteiger partial charge >= 0.3 is 6.09 Å². The van der Waals surface area contributed by atoms with Gasteiger partial charge in [0.05, 0.1) is 17.2 Å². The molecule has 49 heavy (non-hydrogen) atoms. The fraction of sp³-hybridized carbons (Fsp3) is 0.250. The van der Waals surface area contributed by atoms with E-state index in [9.17, 15) is 13.2 Å². The lowest BCUT2D eigenvalue weighted by atomic mass is 9.82. The average molecular weight is 675 g/mol. The third-order valence-corrected chi connectivity index (χ3v) is 10.7. The summed E-state index contributed by atoms with van der Waals surface area (Å²) in [6.07, 6.45) is 4.49. The molecule has 1 amide bonds. The van der Waals surface area contributed by atoms with Gasteiger partial charge in [-0.25, -0.2) is 13.2 Å². The molecule has 0 saturated carbocycles. The molecule has 1 saturated heterocycles. The number of aryl methyl sites for hydroxylation is 1. The molecule has 0 N–H and O–H groups in total. The van der Waals surface area contributed by atoms with Crippen LogP contribution in [0.3, 0.4) is 0 Å². The van der Waals surface area contributed by atoms with E-state index in [2.05, 4.69) is 17.1 Å². The summed E-state index contributed by atoms with van der Waals surface area (Å²) in [7, 11) is -3.34. The topological polar surface area (TPSA) is 95.0 Å². The lowest BCUT2D eigenvalue weighted by molar-refractivity contribution is -0.00948. The molecular formula is C40H38N2O6S. The van der Waals surface area contributed by atoms with Crippen LogP contribution in [0.1, 0.15) is 41.6 Å². The fourth-order valence-electron chi connectivity index (χ4n) is 6.47. The van der Waals surface area contributed by atoms with Gasteiger partial charge in [0, 0.05) is 32.1 Å². The Labute approximate surface area is 287 Å². The van der Waals surface area contributed by atoms with Crippen LogP contribution in [0.15, 0.2) is 121 Å². The SMILES string of the molecule is O=C(Oc1ccc(OCc2ccccc2)cc1)N1CCC2(CCc3cc(-c4ccc(CS(=O)(=O)Cc5ccccn5)cc4)ccc3O2)CC1. The number of ether oxygens (including phenoxy) is 3. The molecule has 0 aliphatic carbocycles. The van der Waals surface area contributed by atoms with E-state index < -0.39 is 9.84 Å². The number of carbonyl (C=O) groups excluding carboxylic acids is 1. The van der Waals surface area contributed by atoms with Crippen LogP contribution >= 0.6 is 0 Å². The van der Waals surface area contributed by atoms with Crippen molar-refractivity contribution in [2.24, 2.45) is 0 Å². The largest absolute Gasteiger partial charge is 0.489 e. The number of hydrogen-bond acceptors (Lipinski definition) is 7. The molecule has 3 heterocycles. The number of piperidine rings is 1. The van der Waals surface area contributed by atoms with Crippen LogP contribution in [0.4, 0.5) is 4.79 Å². The maximum atomic E-state index is 13.0. The molecule has 0 atom stereocenters. The summed E-state index contributed by atoms with van der Waals surface area (Å²) in [6, 6.07) is 36.3. The van der Waals surface area contributed by atoms with Gasteiger partial charge in [-0.15, -0.1) is 0 Å². The van der Waals surface area contributed by atoms with Crippen molar-refractivity contribution in [1.29, 1.82) is 0 Å². The average Bonchev–Trinajstić information content (AvgIpc) is 3.12. The Morgan fingerprint density at radius 1 is 0.755 bits per heavy atom. The molecule has 7 rings (SSSR count). The predicted octanol–water partition coefficient (Wildman–Crippen LogP) is 7.80. The molecule has 5 aromatic rings. The van der Waals surface area contributed by atoms with Crippen LogP contribution in [0.2, 0.25) is 0 Å². The Balaban J connectivity index is 0.903. The van der Waals surface area contributed by atoms with Gasteiger partial charge in [0.15, 0.2) is 9.84 Å². The Morgan fingerprint density at radius 2 is 1.47 bits per heavy atom. The van der Waals surface area contributed by atoms with Gasteiger partial charge in [-0.2, -0.15) is 0 Å². The van der Waals surface area contributed by atoms with Crippen LogP contribution in [0, 0.1) is 0 Å². The van der Waals surface area contributed by atoms with Crippen molar-refractivity contribution in [3.8, 4) is 28.4 Å². The van der Waals surface area contributed by atoms with Crippen LogP contribution in [0.5, 0.6) is 17.2 Å². The molecule has 0 unspecified atom stereocenters. The van der Waals surface area contributed by atoms with Crippen molar-refractivity contribution in [3.05, 3.63) is 144 Å². The minimum Gasteiger partial charge on any atom is -0.489 e. The van der Waals surface area contributed by atoms with E-state index in [0.717, 1.165) is 59.3 Å². The number of rotatable bonds is 9. The highest BCUT2D eigenvalue weighted by Crippen LogP contribution is 2.41. The monoisotopic (exact) mass is 674 g/mol. The van der Waals surface area contributed by atoms with E-state index in [1.165, 1.54) is 0 Å². The molecule has 250 valence electrons. The molecular weight excluding hydrogens is 637 g/mol. The quantitative estimate of drug-likeness (QED) is 0.157. The van der Waals surface area contributed by atoms with Crippen LogP contribution in [0.25, 0.3) is 11.1 Å². The number of carbonyl (C=O) groups is 1. The fourth-order valence-corrected chi connectivity index (χ4v) is 7.89. The molecule has 8 nitrogen and oxygen atoms in total. The van der Waals surface area contributed by atoms with E-state index in [-0.39, 0.29) is 23.2 Å². The number of likely N-dealkylation sites (tertiary alicyclic amines) is 1. The number of nitrogens with zero attached hydrogens (tertiary/aromatic N) is 2. The van der Waals surface area contributed by atoms with Gasteiger partial charge in [0.1, 0.15) is 29.5 Å². The smallest absolute Gasteiger partial charge is 0.415 e. The van der Waals surface area contributed by atoms with Crippen LogP contribution in [-0.4, -0.2) is 43.1 Å². The van der Waals surface area contributed by atoms with Gasteiger partial charge in [-0.1, -0.05) is 66.7 Å². The summed E-state index contributed by atoms with van der Waals surface area (Å²) in [5.41, 5.74) is 5.33. The van der Waals surface area contributed by atoms with E-state index in [4.69, 9.17) is 14.2 Å². The summed E-state index contributed by atoms with van der Waals surface area (Å²) in [5.74, 6) is 1.97. The Kier molecular flexibility index (Phi) is 9.35. The first-order valence-electron chi connectivity index (χ1n) is 16.6. The van der Waals surface area contributed by atoms with Crippen molar-refractivity contribution in [3.63, 3.8) is 0 Å². The Bertz CT molecular complexity index is 1990. The van der Waals surface area contributed by atoms with Gasteiger partial charge in [-0.05, 0) is 89.2 Å². The number of amides is 1.